The number of halogens is 3. The van der Waals surface area contributed by atoms with E-state index in [0.717, 1.165) is 11.6 Å². The van der Waals surface area contributed by atoms with Crippen LogP contribution in [-0.4, -0.2) is 25.9 Å². The topological polar surface area (TPSA) is 85.4 Å². The van der Waals surface area contributed by atoms with Crippen LogP contribution >= 0.6 is 22.9 Å². The molecule has 158 valence electrons. The first-order chi connectivity index (χ1) is 14.3. The van der Waals surface area contributed by atoms with Gasteiger partial charge >= 0.3 is 5.97 Å². The maximum atomic E-state index is 13.2. The number of rotatable bonds is 8. The molecule has 2 aromatic carbocycles. The molecule has 0 atom stereocenters. The Kier molecular flexibility index (Phi) is 7.14. The van der Waals surface area contributed by atoms with Crippen molar-refractivity contribution in [2.45, 2.75) is 17.9 Å². The van der Waals surface area contributed by atoms with Crippen molar-refractivity contribution in [3.8, 4) is 10.6 Å². The Morgan fingerprint density at radius 2 is 1.93 bits per heavy atom. The zero-order valence-electron chi connectivity index (χ0n) is 15.3. The van der Waals surface area contributed by atoms with E-state index in [9.17, 15) is 22.0 Å². The van der Waals surface area contributed by atoms with Gasteiger partial charge in [0.25, 0.3) is 0 Å². The van der Waals surface area contributed by atoms with Gasteiger partial charge in [-0.15, -0.1) is 11.3 Å². The first kappa shape index (κ1) is 22.3. The number of hydrogen-bond acceptors (Lipinski definition) is 6. The van der Waals surface area contributed by atoms with E-state index in [0.29, 0.717) is 27.9 Å². The predicted octanol–water partition coefficient (Wildman–Crippen LogP) is 4.15. The van der Waals surface area contributed by atoms with Crippen LogP contribution in [0.15, 0.2) is 52.7 Å². The number of carbonyl (C=O) groups is 1. The molecule has 0 saturated heterocycles. The number of aromatic nitrogens is 1. The molecule has 0 unspecified atom stereocenters. The van der Waals surface area contributed by atoms with Crippen molar-refractivity contribution in [3.05, 3.63) is 70.2 Å². The van der Waals surface area contributed by atoms with Crippen molar-refractivity contribution in [2.75, 3.05) is 6.54 Å². The van der Waals surface area contributed by atoms with Gasteiger partial charge in [0, 0.05) is 17.5 Å². The largest absolute Gasteiger partial charge is 0.459 e. The van der Waals surface area contributed by atoms with Crippen molar-refractivity contribution in [2.24, 2.45) is 0 Å². The lowest BCUT2D eigenvalue weighted by Gasteiger charge is -2.07. The molecule has 1 aromatic heterocycles. The zero-order chi connectivity index (χ0) is 21.7. The van der Waals surface area contributed by atoms with Crippen LogP contribution in [0.1, 0.15) is 12.1 Å². The average Bonchev–Trinajstić information content (AvgIpc) is 3.17. The van der Waals surface area contributed by atoms with E-state index in [4.69, 9.17) is 16.3 Å². The lowest BCUT2D eigenvalue weighted by Crippen LogP contribution is -2.27. The van der Waals surface area contributed by atoms with E-state index in [1.807, 2.05) is 18.2 Å². The van der Waals surface area contributed by atoms with Crippen LogP contribution in [0.5, 0.6) is 0 Å². The fraction of sp³-hybridized carbons (Fsp3) is 0.158. The van der Waals surface area contributed by atoms with Crippen molar-refractivity contribution in [1.82, 2.24) is 9.71 Å². The van der Waals surface area contributed by atoms with Gasteiger partial charge in [-0.1, -0.05) is 29.8 Å². The number of ether oxygens (including phenoxy) is 1. The molecular weight excluding hydrogens is 458 g/mol. The predicted molar refractivity (Wildman–Crippen MR) is 109 cm³/mol. The van der Waals surface area contributed by atoms with E-state index in [-0.39, 0.29) is 19.6 Å². The molecule has 0 amide bonds. The van der Waals surface area contributed by atoms with Gasteiger partial charge in [0.2, 0.25) is 10.0 Å². The molecule has 0 saturated carbocycles. The number of thiazole rings is 1. The monoisotopic (exact) mass is 472 g/mol. The molecule has 6 nitrogen and oxygen atoms in total. The second-order valence-corrected chi connectivity index (χ2v) is 9.04. The molecule has 3 aromatic rings. The molecule has 0 radical (unpaired) electrons. The number of sulfonamides is 1. The van der Waals surface area contributed by atoms with E-state index in [1.165, 1.54) is 11.3 Å². The maximum absolute atomic E-state index is 13.2. The maximum Gasteiger partial charge on any atom is 0.307 e. The van der Waals surface area contributed by atoms with E-state index in [1.54, 1.807) is 11.4 Å². The van der Waals surface area contributed by atoms with Crippen molar-refractivity contribution < 1.29 is 26.7 Å². The van der Waals surface area contributed by atoms with Crippen LogP contribution in [0.2, 0.25) is 5.02 Å². The molecular formula is C19H15ClF2N2O4S2. The van der Waals surface area contributed by atoms with Crippen LogP contribution < -0.4 is 4.72 Å². The molecule has 3 rings (SSSR count). The third-order valence-corrected chi connectivity index (χ3v) is 6.57. The minimum Gasteiger partial charge on any atom is -0.459 e. The van der Waals surface area contributed by atoms with E-state index in [2.05, 4.69) is 9.71 Å². The Bertz CT molecular complexity index is 1170. The minimum absolute atomic E-state index is 0.0737. The number of nitrogens with one attached hydrogen (secondary N) is 1. The van der Waals surface area contributed by atoms with Gasteiger partial charge in [0.15, 0.2) is 11.6 Å². The van der Waals surface area contributed by atoms with Crippen LogP contribution in [0.3, 0.4) is 0 Å². The van der Waals surface area contributed by atoms with Gasteiger partial charge in [-0.3, -0.25) is 4.79 Å². The average molecular weight is 473 g/mol. The summed E-state index contributed by atoms with van der Waals surface area (Å²) in [5.41, 5.74) is 1.30. The minimum atomic E-state index is -4.08. The molecule has 1 N–H and O–H groups in total. The summed E-state index contributed by atoms with van der Waals surface area (Å²) < 4.78 is 57.5. The summed E-state index contributed by atoms with van der Waals surface area (Å²) in [5.74, 6) is -3.08. The second kappa shape index (κ2) is 9.61. The van der Waals surface area contributed by atoms with Gasteiger partial charge in [-0.05, 0) is 24.3 Å². The van der Waals surface area contributed by atoms with E-state index >= 15 is 0 Å². The molecule has 0 spiro atoms. The summed E-state index contributed by atoms with van der Waals surface area (Å²) >= 11 is 7.49. The van der Waals surface area contributed by atoms with Crippen LogP contribution in [0.4, 0.5) is 8.78 Å². The fourth-order valence-electron chi connectivity index (χ4n) is 2.37. The molecule has 0 aliphatic carbocycles. The van der Waals surface area contributed by atoms with Crippen molar-refractivity contribution in [1.29, 1.82) is 0 Å². The lowest BCUT2D eigenvalue weighted by atomic mass is 10.2. The quantitative estimate of drug-likeness (QED) is 0.498. The highest BCUT2D eigenvalue weighted by atomic mass is 35.5. The lowest BCUT2D eigenvalue weighted by molar-refractivity contribution is -0.144. The summed E-state index contributed by atoms with van der Waals surface area (Å²) in [6.07, 6.45) is -0.246. The number of esters is 1. The molecule has 30 heavy (non-hydrogen) atoms. The molecule has 11 heteroatoms. The first-order valence-corrected chi connectivity index (χ1v) is 11.3. The summed E-state index contributed by atoms with van der Waals surface area (Å²) in [4.78, 5) is 15.8. The molecule has 0 fully saturated rings. The summed E-state index contributed by atoms with van der Waals surface area (Å²) in [5, 5.41) is 2.98. The second-order valence-electron chi connectivity index (χ2n) is 6.01. The summed E-state index contributed by atoms with van der Waals surface area (Å²) in [7, 11) is -4.08. The highest BCUT2D eigenvalue weighted by Crippen LogP contribution is 2.30. The zero-order valence-corrected chi connectivity index (χ0v) is 17.7. The Hall–Kier alpha value is -2.40. The van der Waals surface area contributed by atoms with Gasteiger partial charge < -0.3 is 4.74 Å². The summed E-state index contributed by atoms with van der Waals surface area (Å²) in [6, 6.07) is 9.43. The summed E-state index contributed by atoms with van der Waals surface area (Å²) in [6.45, 7) is -0.336. The Morgan fingerprint density at radius 1 is 1.17 bits per heavy atom. The third-order valence-electron chi connectivity index (χ3n) is 3.86. The Balaban J connectivity index is 1.48. The van der Waals surface area contributed by atoms with Gasteiger partial charge in [0.05, 0.1) is 22.0 Å². The highest BCUT2D eigenvalue weighted by molar-refractivity contribution is 7.89. The SMILES string of the molecule is O=C(CCNS(=O)(=O)c1ccc(F)c(F)c1)OCc1csc(-c2ccccc2Cl)n1. The fourth-order valence-corrected chi connectivity index (χ4v) is 4.54. The smallest absolute Gasteiger partial charge is 0.307 e. The van der Waals surface area contributed by atoms with Crippen molar-refractivity contribution in [3.63, 3.8) is 0 Å². The Morgan fingerprint density at radius 3 is 2.67 bits per heavy atom. The van der Waals surface area contributed by atoms with Gasteiger partial charge in [0.1, 0.15) is 11.6 Å². The van der Waals surface area contributed by atoms with Gasteiger partial charge in [-0.25, -0.2) is 26.9 Å². The number of carbonyl (C=O) groups excluding carboxylic acids is 1. The van der Waals surface area contributed by atoms with Crippen LogP contribution in [0.25, 0.3) is 10.6 Å². The highest BCUT2D eigenvalue weighted by Gasteiger charge is 2.17. The number of nitrogens with zero attached hydrogens (tertiary/aromatic N) is 1. The molecule has 1 heterocycles. The van der Waals surface area contributed by atoms with E-state index < -0.39 is 32.5 Å². The standard InChI is InChI=1S/C19H15ClF2N2O4S2/c20-15-4-2-1-3-14(15)19-24-12(11-29-19)10-28-18(25)7-8-23-30(26,27)13-5-6-16(21)17(22)9-13/h1-6,9,11,23H,7-8,10H2. The Labute approximate surface area is 180 Å². The van der Waals surface area contributed by atoms with Crippen LogP contribution in [-0.2, 0) is 26.2 Å². The normalized spacial score (nSPS) is 11.4. The van der Waals surface area contributed by atoms with Gasteiger partial charge in [-0.2, -0.15) is 0 Å². The number of benzene rings is 2. The molecule has 0 aliphatic rings. The van der Waals surface area contributed by atoms with Crippen LogP contribution in [0, 0.1) is 11.6 Å². The number of hydrogen-bond donors (Lipinski definition) is 1. The van der Waals surface area contributed by atoms with Crippen molar-refractivity contribution >= 4 is 38.9 Å². The molecule has 0 bridgehead atoms. The molecule has 0 aliphatic heterocycles. The third kappa shape index (κ3) is 5.60. The first-order valence-electron chi connectivity index (χ1n) is 8.56.